The lowest BCUT2D eigenvalue weighted by atomic mass is 10.0. The quantitative estimate of drug-likeness (QED) is 0.863. The molecule has 2 heteroatoms. The van der Waals surface area contributed by atoms with Gasteiger partial charge in [0.1, 0.15) is 5.76 Å². The molecule has 1 aromatic carbocycles. The highest BCUT2D eigenvalue weighted by Crippen LogP contribution is 2.24. The Morgan fingerprint density at radius 3 is 2.65 bits per heavy atom. The van der Waals surface area contributed by atoms with Crippen LogP contribution in [0.4, 0.5) is 0 Å². The molecular formula is C15H19NO. The first kappa shape index (κ1) is 11.9. The smallest absolute Gasteiger partial charge is 0.134 e. The van der Waals surface area contributed by atoms with Crippen LogP contribution in [0.2, 0.25) is 0 Å². The summed E-state index contributed by atoms with van der Waals surface area (Å²) in [5.41, 5.74) is 3.73. The molecule has 0 aliphatic rings. The van der Waals surface area contributed by atoms with Crippen LogP contribution >= 0.6 is 0 Å². The van der Waals surface area contributed by atoms with Gasteiger partial charge in [0.05, 0.1) is 6.26 Å². The number of aryl methyl sites for hydroxylation is 1. The van der Waals surface area contributed by atoms with Crippen molar-refractivity contribution in [2.45, 2.75) is 33.4 Å². The second-order valence-electron chi connectivity index (χ2n) is 4.66. The van der Waals surface area contributed by atoms with Gasteiger partial charge in [-0.2, -0.15) is 0 Å². The second-order valence-corrected chi connectivity index (χ2v) is 4.66. The van der Waals surface area contributed by atoms with Gasteiger partial charge in [0.25, 0.3) is 0 Å². The Kier molecular flexibility index (Phi) is 3.64. The average molecular weight is 229 g/mol. The molecular weight excluding hydrogens is 210 g/mol. The van der Waals surface area contributed by atoms with E-state index in [1.54, 1.807) is 6.26 Å². The van der Waals surface area contributed by atoms with Crippen molar-refractivity contribution in [3.8, 4) is 11.3 Å². The number of rotatable bonds is 4. The van der Waals surface area contributed by atoms with Gasteiger partial charge < -0.3 is 9.73 Å². The minimum Gasteiger partial charge on any atom is -0.464 e. The molecule has 2 rings (SSSR count). The lowest BCUT2D eigenvalue weighted by Gasteiger charge is -2.10. The summed E-state index contributed by atoms with van der Waals surface area (Å²) in [7, 11) is 0. The molecule has 0 amide bonds. The van der Waals surface area contributed by atoms with E-state index in [4.69, 9.17) is 4.42 Å². The molecule has 0 atom stereocenters. The Balaban J connectivity index is 2.17. The first-order valence-corrected chi connectivity index (χ1v) is 6.03. The number of benzene rings is 1. The van der Waals surface area contributed by atoms with Gasteiger partial charge in [-0.25, -0.2) is 0 Å². The van der Waals surface area contributed by atoms with Crippen molar-refractivity contribution in [2.75, 3.05) is 0 Å². The van der Waals surface area contributed by atoms with E-state index in [-0.39, 0.29) is 0 Å². The van der Waals surface area contributed by atoms with Gasteiger partial charge >= 0.3 is 0 Å². The average Bonchev–Trinajstić information content (AvgIpc) is 2.79. The zero-order valence-electron chi connectivity index (χ0n) is 10.7. The van der Waals surface area contributed by atoms with Crippen LogP contribution in [-0.4, -0.2) is 6.04 Å². The minimum atomic E-state index is 0.514. The van der Waals surface area contributed by atoms with Gasteiger partial charge in [0, 0.05) is 18.2 Å². The van der Waals surface area contributed by atoms with Crippen LogP contribution in [0.5, 0.6) is 0 Å². The molecule has 1 heterocycles. The van der Waals surface area contributed by atoms with Crippen LogP contribution in [0.3, 0.4) is 0 Å². The van der Waals surface area contributed by atoms with Crippen molar-refractivity contribution in [3.05, 3.63) is 47.7 Å². The van der Waals surface area contributed by atoms with Gasteiger partial charge in [-0.3, -0.25) is 0 Å². The molecule has 90 valence electrons. The van der Waals surface area contributed by atoms with Crippen molar-refractivity contribution in [3.63, 3.8) is 0 Å². The van der Waals surface area contributed by atoms with Crippen LogP contribution in [0.25, 0.3) is 11.3 Å². The minimum absolute atomic E-state index is 0.514. The molecule has 0 aliphatic carbocycles. The topological polar surface area (TPSA) is 25.2 Å². The number of nitrogens with one attached hydrogen (secondary N) is 1. The molecule has 0 saturated carbocycles. The fourth-order valence-corrected chi connectivity index (χ4v) is 1.87. The SMILES string of the molecule is Cc1cc(CNC(C)C)ccc1-c1ccco1. The molecule has 2 nitrogen and oxygen atoms in total. The zero-order chi connectivity index (χ0) is 12.3. The summed E-state index contributed by atoms with van der Waals surface area (Å²) >= 11 is 0. The summed E-state index contributed by atoms with van der Waals surface area (Å²) in [4.78, 5) is 0. The lowest BCUT2D eigenvalue weighted by molar-refractivity contribution is 0.581. The largest absolute Gasteiger partial charge is 0.464 e. The summed E-state index contributed by atoms with van der Waals surface area (Å²) in [5.74, 6) is 0.936. The summed E-state index contributed by atoms with van der Waals surface area (Å²) < 4.78 is 5.42. The van der Waals surface area contributed by atoms with E-state index in [2.05, 4.69) is 44.3 Å². The normalized spacial score (nSPS) is 11.1. The maximum absolute atomic E-state index is 5.42. The summed E-state index contributed by atoms with van der Waals surface area (Å²) in [6.45, 7) is 7.35. The fourth-order valence-electron chi connectivity index (χ4n) is 1.87. The van der Waals surface area contributed by atoms with E-state index in [1.807, 2.05) is 12.1 Å². The summed E-state index contributed by atoms with van der Waals surface area (Å²) in [5, 5.41) is 3.42. The van der Waals surface area contributed by atoms with Crippen LogP contribution < -0.4 is 5.32 Å². The van der Waals surface area contributed by atoms with E-state index in [0.717, 1.165) is 12.3 Å². The number of hydrogen-bond donors (Lipinski definition) is 1. The third-order valence-electron chi connectivity index (χ3n) is 2.79. The van der Waals surface area contributed by atoms with Crippen LogP contribution in [0.1, 0.15) is 25.0 Å². The summed E-state index contributed by atoms with van der Waals surface area (Å²) in [6.07, 6.45) is 1.71. The zero-order valence-corrected chi connectivity index (χ0v) is 10.7. The van der Waals surface area contributed by atoms with E-state index in [0.29, 0.717) is 6.04 Å². The van der Waals surface area contributed by atoms with Gasteiger partial charge in [0.15, 0.2) is 0 Å². The predicted octanol–water partition coefficient (Wildman–Crippen LogP) is 3.75. The molecule has 17 heavy (non-hydrogen) atoms. The molecule has 0 aliphatic heterocycles. The molecule has 1 aromatic heterocycles. The Bertz CT molecular complexity index is 472. The Hall–Kier alpha value is -1.54. The van der Waals surface area contributed by atoms with Gasteiger partial charge in [-0.1, -0.05) is 32.0 Å². The standard InChI is InChI=1S/C15H19NO/c1-11(2)16-10-13-6-7-14(12(3)9-13)15-5-4-8-17-15/h4-9,11,16H,10H2,1-3H3. The van der Waals surface area contributed by atoms with Crippen LogP contribution in [0.15, 0.2) is 41.0 Å². The number of hydrogen-bond acceptors (Lipinski definition) is 2. The lowest BCUT2D eigenvalue weighted by Crippen LogP contribution is -2.21. The third-order valence-corrected chi connectivity index (χ3v) is 2.79. The molecule has 1 N–H and O–H groups in total. The Morgan fingerprint density at radius 2 is 2.06 bits per heavy atom. The van der Waals surface area contributed by atoms with E-state index >= 15 is 0 Å². The second kappa shape index (κ2) is 5.19. The molecule has 2 aromatic rings. The Labute approximate surface area is 103 Å². The van der Waals surface area contributed by atoms with E-state index in [9.17, 15) is 0 Å². The van der Waals surface area contributed by atoms with Crippen molar-refractivity contribution in [2.24, 2.45) is 0 Å². The van der Waals surface area contributed by atoms with Gasteiger partial charge in [0.2, 0.25) is 0 Å². The first-order chi connectivity index (χ1) is 8.16. The van der Waals surface area contributed by atoms with Crippen LogP contribution in [-0.2, 0) is 6.54 Å². The molecule has 0 saturated heterocycles. The highest BCUT2D eigenvalue weighted by atomic mass is 16.3. The van der Waals surface area contributed by atoms with Crippen molar-refractivity contribution >= 4 is 0 Å². The Morgan fingerprint density at radius 1 is 1.24 bits per heavy atom. The number of furan rings is 1. The van der Waals surface area contributed by atoms with Crippen molar-refractivity contribution < 1.29 is 4.42 Å². The summed E-state index contributed by atoms with van der Waals surface area (Å²) in [6, 6.07) is 10.9. The van der Waals surface area contributed by atoms with Gasteiger partial charge in [-0.15, -0.1) is 0 Å². The highest BCUT2D eigenvalue weighted by Gasteiger charge is 2.05. The molecule has 0 fully saturated rings. The van der Waals surface area contributed by atoms with Gasteiger partial charge in [-0.05, 0) is 30.2 Å². The highest BCUT2D eigenvalue weighted by molar-refractivity contribution is 5.62. The van der Waals surface area contributed by atoms with E-state index < -0.39 is 0 Å². The van der Waals surface area contributed by atoms with Crippen molar-refractivity contribution in [1.82, 2.24) is 5.32 Å². The first-order valence-electron chi connectivity index (χ1n) is 6.03. The van der Waals surface area contributed by atoms with E-state index in [1.165, 1.54) is 16.7 Å². The third kappa shape index (κ3) is 2.98. The monoisotopic (exact) mass is 229 g/mol. The molecule has 0 bridgehead atoms. The maximum atomic E-state index is 5.42. The maximum Gasteiger partial charge on any atom is 0.134 e. The van der Waals surface area contributed by atoms with Crippen LogP contribution in [0, 0.1) is 6.92 Å². The molecule has 0 unspecified atom stereocenters. The van der Waals surface area contributed by atoms with Crippen molar-refractivity contribution in [1.29, 1.82) is 0 Å². The molecule has 0 radical (unpaired) electrons. The fraction of sp³-hybridized carbons (Fsp3) is 0.333. The predicted molar refractivity (Wildman–Crippen MR) is 70.9 cm³/mol. The molecule has 0 spiro atoms.